The first-order chi connectivity index (χ1) is 16.1. The van der Waals surface area contributed by atoms with Crippen LogP contribution in [0.5, 0.6) is 0 Å². The van der Waals surface area contributed by atoms with E-state index >= 15 is 0 Å². The Morgan fingerprint density at radius 1 is 1.15 bits per heavy atom. The molecule has 1 amide bonds. The molecule has 0 aliphatic carbocycles. The third kappa shape index (κ3) is 5.12. The Morgan fingerprint density at radius 2 is 1.97 bits per heavy atom. The van der Waals surface area contributed by atoms with Gasteiger partial charge in [-0.15, -0.1) is 0 Å². The number of benzene rings is 2. The van der Waals surface area contributed by atoms with E-state index in [1.165, 1.54) is 7.11 Å². The van der Waals surface area contributed by atoms with Crippen LogP contribution in [0.25, 0.3) is 21.9 Å². The molecule has 7 nitrogen and oxygen atoms in total. The minimum absolute atomic E-state index is 0.308. The lowest BCUT2D eigenvalue weighted by Crippen LogP contribution is -2.42. The van der Waals surface area contributed by atoms with Crippen molar-refractivity contribution in [2.45, 2.75) is 19.0 Å². The fourth-order valence-electron chi connectivity index (χ4n) is 3.89. The Morgan fingerprint density at radius 3 is 2.73 bits per heavy atom. The van der Waals surface area contributed by atoms with E-state index in [9.17, 15) is 9.59 Å². The molecule has 2 aromatic carbocycles. The molecule has 0 saturated heterocycles. The number of carbonyl (C=O) groups excluding carboxylic acids is 2. The van der Waals surface area contributed by atoms with Crippen LogP contribution in [0.2, 0.25) is 0 Å². The van der Waals surface area contributed by atoms with Crippen LogP contribution >= 0.6 is 11.8 Å². The average Bonchev–Trinajstić information content (AvgIpc) is 3.51. The molecule has 0 spiro atoms. The SMILES string of the molecule is COC(=O)C(CCSC)NC(=O)c1cn(Cc2cnc[nH]2)cc1-c1cccc2ccccc12. The molecular formula is C25H26N4O3S. The van der Waals surface area contributed by atoms with Crippen LogP contribution in [0.1, 0.15) is 22.5 Å². The van der Waals surface area contributed by atoms with Crippen molar-refractivity contribution < 1.29 is 14.3 Å². The topological polar surface area (TPSA) is 89.0 Å². The summed E-state index contributed by atoms with van der Waals surface area (Å²) < 4.78 is 6.87. The number of esters is 1. The molecule has 0 aliphatic rings. The van der Waals surface area contributed by atoms with E-state index in [1.54, 1.807) is 24.3 Å². The standard InChI is InChI=1S/C25H26N4O3S/c1-32-25(31)23(10-11-33-2)28-24(30)22-15-29(13-18-12-26-16-27-18)14-21(22)20-9-5-7-17-6-3-4-8-19(17)20/h3-9,12,14-16,23H,10-11,13H2,1-2H3,(H,26,27)(H,28,30). The van der Waals surface area contributed by atoms with Gasteiger partial charge in [0.25, 0.3) is 5.91 Å². The molecule has 2 aromatic heterocycles. The van der Waals surface area contributed by atoms with Gasteiger partial charge in [0, 0.05) is 24.2 Å². The number of hydrogen-bond acceptors (Lipinski definition) is 5. The minimum Gasteiger partial charge on any atom is -0.467 e. The predicted octanol–water partition coefficient (Wildman–Crippen LogP) is 4.10. The number of nitrogens with one attached hydrogen (secondary N) is 2. The van der Waals surface area contributed by atoms with Crippen molar-refractivity contribution in [1.29, 1.82) is 0 Å². The Hall–Kier alpha value is -3.52. The smallest absolute Gasteiger partial charge is 0.328 e. The van der Waals surface area contributed by atoms with E-state index < -0.39 is 12.0 Å². The number of methoxy groups -OCH3 is 1. The van der Waals surface area contributed by atoms with Crippen molar-refractivity contribution in [2.75, 3.05) is 19.1 Å². The van der Waals surface area contributed by atoms with Crippen LogP contribution in [-0.2, 0) is 16.1 Å². The molecule has 0 fully saturated rings. The van der Waals surface area contributed by atoms with Gasteiger partial charge in [0.15, 0.2) is 0 Å². The zero-order chi connectivity index (χ0) is 23.2. The van der Waals surface area contributed by atoms with E-state index in [1.807, 2.05) is 53.5 Å². The zero-order valence-corrected chi connectivity index (χ0v) is 19.4. The number of thioether (sulfide) groups is 1. The molecule has 2 heterocycles. The summed E-state index contributed by atoms with van der Waals surface area (Å²) in [5.41, 5.74) is 3.19. The summed E-state index contributed by atoms with van der Waals surface area (Å²) in [6, 6.07) is 13.4. The molecule has 0 saturated carbocycles. The Kier molecular flexibility index (Phi) is 7.14. The summed E-state index contributed by atoms with van der Waals surface area (Å²) >= 11 is 1.62. The number of aromatic amines is 1. The molecule has 0 aliphatic heterocycles. The molecule has 4 aromatic rings. The molecule has 1 unspecified atom stereocenters. The van der Waals surface area contributed by atoms with E-state index in [2.05, 4.69) is 27.4 Å². The highest BCUT2D eigenvalue weighted by molar-refractivity contribution is 7.98. The second-order valence-corrected chi connectivity index (χ2v) is 8.68. The van der Waals surface area contributed by atoms with Crippen molar-refractivity contribution >= 4 is 34.4 Å². The normalized spacial score (nSPS) is 11.9. The number of nitrogens with zero attached hydrogens (tertiary/aromatic N) is 2. The average molecular weight is 463 g/mol. The van der Waals surface area contributed by atoms with Crippen molar-refractivity contribution in [3.05, 3.63) is 78.6 Å². The molecular weight excluding hydrogens is 436 g/mol. The molecule has 0 bridgehead atoms. The third-order valence-corrected chi connectivity index (χ3v) is 6.16. The summed E-state index contributed by atoms with van der Waals surface area (Å²) in [6.07, 6.45) is 9.63. The minimum atomic E-state index is -0.703. The Bertz CT molecular complexity index is 1240. The van der Waals surface area contributed by atoms with Crippen molar-refractivity contribution in [2.24, 2.45) is 0 Å². The summed E-state index contributed by atoms with van der Waals surface area (Å²) in [6.45, 7) is 0.540. The van der Waals surface area contributed by atoms with Gasteiger partial charge < -0.3 is 19.6 Å². The van der Waals surface area contributed by atoms with Gasteiger partial charge in [-0.25, -0.2) is 9.78 Å². The number of hydrogen-bond donors (Lipinski definition) is 2. The maximum absolute atomic E-state index is 13.4. The number of aromatic nitrogens is 3. The first-order valence-electron chi connectivity index (χ1n) is 10.6. The largest absolute Gasteiger partial charge is 0.467 e. The fraction of sp³-hybridized carbons (Fsp3) is 0.240. The predicted molar refractivity (Wildman–Crippen MR) is 131 cm³/mol. The van der Waals surface area contributed by atoms with Crippen LogP contribution in [-0.4, -0.2) is 51.6 Å². The monoisotopic (exact) mass is 462 g/mol. The first kappa shape index (κ1) is 22.7. The molecule has 2 N–H and O–H groups in total. The van der Waals surface area contributed by atoms with Gasteiger partial charge in [0.1, 0.15) is 6.04 Å². The summed E-state index contributed by atoms with van der Waals surface area (Å²) in [7, 11) is 1.34. The maximum Gasteiger partial charge on any atom is 0.328 e. The number of rotatable bonds is 9. The van der Waals surface area contributed by atoms with E-state index in [-0.39, 0.29) is 5.91 Å². The van der Waals surface area contributed by atoms with Crippen LogP contribution in [0.4, 0.5) is 0 Å². The number of fused-ring (bicyclic) bond motifs is 1. The van der Waals surface area contributed by atoms with Crippen molar-refractivity contribution in [1.82, 2.24) is 19.9 Å². The van der Waals surface area contributed by atoms with Gasteiger partial charge in [0.2, 0.25) is 0 Å². The molecule has 4 rings (SSSR count). The van der Waals surface area contributed by atoms with E-state index in [0.717, 1.165) is 33.3 Å². The van der Waals surface area contributed by atoms with Gasteiger partial charge in [-0.05, 0) is 34.8 Å². The van der Waals surface area contributed by atoms with Gasteiger partial charge in [-0.2, -0.15) is 11.8 Å². The first-order valence-corrected chi connectivity index (χ1v) is 12.0. The lowest BCUT2D eigenvalue weighted by molar-refractivity contribution is -0.142. The van der Waals surface area contributed by atoms with Crippen LogP contribution in [0, 0.1) is 0 Å². The van der Waals surface area contributed by atoms with Gasteiger partial charge >= 0.3 is 5.97 Å². The second kappa shape index (κ2) is 10.4. The molecule has 33 heavy (non-hydrogen) atoms. The number of ether oxygens (including phenoxy) is 1. The highest BCUT2D eigenvalue weighted by atomic mass is 32.2. The highest BCUT2D eigenvalue weighted by Crippen LogP contribution is 2.32. The van der Waals surface area contributed by atoms with Crippen molar-refractivity contribution in [3.8, 4) is 11.1 Å². The van der Waals surface area contributed by atoms with Gasteiger partial charge in [-0.3, -0.25) is 4.79 Å². The van der Waals surface area contributed by atoms with Crippen LogP contribution in [0.3, 0.4) is 0 Å². The number of amides is 1. The number of carbonyl (C=O) groups is 2. The second-order valence-electron chi connectivity index (χ2n) is 7.69. The van der Waals surface area contributed by atoms with Gasteiger partial charge in [-0.1, -0.05) is 42.5 Å². The van der Waals surface area contributed by atoms with Crippen LogP contribution in [0.15, 0.2) is 67.4 Å². The van der Waals surface area contributed by atoms with E-state index in [0.29, 0.717) is 18.5 Å². The molecule has 1 atom stereocenters. The summed E-state index contributed by atoms with van der Waals surface area (Å²) in [5.74, 6) is -0.0179. The molecule has 170 valence electrons. The van der Waals surface area contributed by atoms with Crippen molar-refractivity contribution in [3.63, 3.8) is 0 Å². The summed E-state index contributed by atoms with van der Waals surface area (Å²) in [5, 5.41) is 5.04. The fourth-order valence-corrected chi connectivity index (χ4v) is 4.36. The maximum atomic E-state index is 13.4. The zero-order valence-electron chi connectivity index (χ0n) is 18.6. The lowest BCUT2D eigenvalue weighted by atomic mass is 9.97. The van der Waals surface area contributed by atoms with Crippen LogP contribution < -0.4 is 5.32 Å². The number of H-pyrrole nitrogens is 1. The molecule has 8 heteroatoms. The van der Waals surface area contributed by atoms with Gasteiger partial charge in [0.05, 0.1) is 31.2 Å². The highest BCUT2D eigenvalue weighted by Gasteiger charge is 2.25. The number of imidazole rings is 1. The Balaban J connectivity index is 1.74. The van der Waals surface area contributed by atoms with E-state index in [4.69, 9.17) is 4.74 Å². The quantitative estimate of drug-likeness (QED) is 0.366. The Labute approximate surface area is 196 Å². The lowest BCUT2D eigenvalue weighted by Gasteiger charge is -2.16. The molecule has 0 radical (unpaired) electrons. The summed E-state index contributed by atoms with van der Waals surface area (Å²) in [4.78, 5) is 32.9. The third-order valence-electron chi connectivity index (χ3n) is 5.51.